The smallest absolute Gasteiger partial charge is 0.270 e. The van der Waals surface area contributed by atoms with Crippen LogP contribution in [0.5, 0.6) is 5.75 Å². The van der Waals surface area contributed by atoms with Crippen molar-refractivity contribution in [3.63, 3.8) is 0 Å². The summed E-state index contributed by atoms with van der Waals surface area (Å²) in [6.45, 7) is 3.95. The Morgan fingerprint density at radius 2 is 1.55 bits per heavy atom. The molecule has 0 aromatic heterocycles. The second kappa shape index (κ2) is 10.8. The quantitative estimate of drug-likeness (QED) is 0.519. The molecule has 4 rings (SSSR count). The van der Waals surface area contributed by atoms with Gasteiger partial charge in [-0.2, -0.15) is 0 Å². The van der Waals surface area contributed by atoms with E-state index in [1.807, 2.05) is 66.4 Å². The van der Waals surface area contributed by atoms with Crippen LogP contribution in [0.15, 0.2) is 72.4 Å². The lowest BCUT2D eigenvalue weighted by molar-refractivity contribution is -0.127. The number of benzene rings is 3. The van der Waals surface area contributed by atoms with Gasteiger partial charge in [0.2, 0.25) is 0 Å². The first-order valence-corrected chi connectivity index (χ1v) is 11.7. The van der Waals surface area contributed by atoms with Crippen LogP contribution in [0.25, 0.3) is 16.8 Å². The molecule has 1 aliphatic rings. The van der Waals surface area contributed by atoms with Crippen LogP contribution in [0.1, 0.15) is 48.5 Å². The van der Waals surface area contributed by atoms with E-state index in [0.29, 0.717) is 31.0 Å². The van der Waals surface area contributed by atoms with Gasteiger partial charge in [0.15, 0.2) is 0 Å². The number of hydrogen-bond donors (Lipinski definition) is 1. The van der Waals surface area contributed by atoms with Crippen LogP contribution in [0.3, 0.4) is 0 Å². The topological polar surface area (TPSA) is 58.6 Å². The predicted molar refractivity (Wildman–Crippen MR) is 132 cm³/mol. The SMILES string of the molecule is CCOc1ccc(/C=C(\NC(=O)c2ccccc2)C(=O)N2CCCCCC2)c2ccccc12. The van der Waals surface area contributed by atoms with Gasteiger partial charge in [-0.15, -0.1) is 0 Å². The number of amides is 2. The zero-order valence-electron chi connectivity index (χ0n) is 19.0. The van der Waals surface area contributed by atoms with Crippen LogP contribution >= 0.6 is 0 Å². The van der Waals surface area contributed by atoms with Crippen LogP contribution in [-0.2, 0) is 4.79 Å². The molecule has 1 saturated heterocycles. The van der Waals surface area contributed by atoms with Gasteiger partial charge in [-0.1, -0.05) is 61.4 Å². The molecule has 0 bridgehead atoms. The summed E-state index contributed by atoms with van der Waals surface area (Å²) in [4.78, 5) is 28.4. The van der Waals surface area contributed by atoms with E-state index in [2.05, 4.69) is 5.32 Å². The number of nitrogens with one attached hydrogen (secondary N) is 1. The van der Waals surface area contributed by atoms with Crippen molar-refractivity contribution in [1.29, 1.82) is 0 Å². The maximum atomic E-state index is 13.5. The summed E-state index contributed by atoms with van der Waals surface area (Å²) in [5.74, 6) is 0.373. The van der Waals surface area contributed by atoms with E-state index in [0.717, 1.165) is 47.8 Å². The molecular formula is C28H30N2O3. The van der Waals surface area contributed by atoms with Gasteiger partial charge in [-0.25, -0.2) is 0 Å². The van der Waals surface area contributed by atoms with Gasteiger partial charge < -0.3 is 15.0 Å². The number of carbonyl (C=O) groups is 2. The fourth-order valence-electron chi connectivity index (χ4n) is 4.24. The molecule has 2 amide bonds. The summed E-state index contributed by atoms with van der Waals surface area (Å²) >= 11 is 0. The van der Waals surface area contributed by atoms with Crippen LogP contribution < -0.4 is 10.1 Å². The summed E-state index contributed by atoms with van der Waals surface area (Å²) in [5.41, 5.74) is 1.67. The molecule has 1 aliphatic heterocycles. The monoisotopic (exact) mass is 442 g/mol. The zero-order chi connectivity index (χ0) is 23.0. The summed E-state index contributed by atoms with van der Waals surface area (Å²) in [5, 5.41) is 4.85. The van der Waals surface area contributed by atoms with E-state index in [1.54, 1.807) is 18.2 Å². The fraction of sp³-hybridized carbons (Fsp3) is 0.286. The van der Waals surface area contributed by atoms with Crippen LogP contribution in [0, 0.1) is 0 Å². The predicted octanol–water partition coefficient (Wildman–Crippen LogP) is 5.41. The lowest BCUT2D eigenvalue weighted by Crippen LogP contribution is -2.39. The number of rotatable bonds is 6. The van der Waals surface area contributed by atoms with Crippen molar-refractivity contribution in [2.24, 2.45) is 0 Å². The third-order valence-electron chi connectivity index (χ3n) is 5.93. The number of fused-ring (bicyclic) bond motifs is 1. The minimum atomic E-state index is -0.291. The van der Waals surface area contributed by atoms with Gasteiger partial charge in [-0.3, -0.25) is 9.59 Å². The number of carbonyl (C=O) groups excluding carboxylic acids is 2. The molecule has 1 fully saturated rings. The molecule has 3 aromatic rings. The number of ether oxygens (including phenoxy) is 1. The van der Waals surface area contributed by atoms with Crippen LogP contribution in [-0.4, -0.2) is 36.4 Å². The molecule has 1 N–H and O–H groups in total. The third-order valence-corrected chi connectivity index (χ3v) is 5.93. The van der Waals surface area contributed by atoms with Crippen LogP contribution in [0.4, 0.5) is 0 Å². The molecule has 0 unspecified atom stereocenters. The lowest BCUT2D eigenvalue weighted by atomic mass is 10.0. The van der Waals surface area contributed by atoms with Crippen molar-refractivity contribution < 1.29 is 14.3 Å². The summed E-state index contributed by atoms with van der Waals surface area (Å²) in [6.07, 6.45) is 6.02. The Bertz CT molecular complexity index is 1150. The third kappa shape index (κ3) is 5.43. The minimum Gasteiger partial charge on any atom is -0.493 e. The normalized spacial score (nSPS) is 14.6. The van der Waals surface area contributed by atoms with Gasteiger partial charge in [-0.05, 0) is 55.0 Å². The molecule has 0 saturated carbocycles. The average Bonchev–Trinajstić information content (AvgIpc) is 3.15. The second-order valence-corrected chi connectivity index (χ2v) is 8.22. The van der Waals surface area contributed by atoms with Gasteiger partial charge in [0.1, 0.15) is 11.4 Å². The van der Waals surface area contributed by atoms with Crippen molar-refractivity contribution in [3.05, 3.63) is 83.6 Å². The number of hydrogen-bond acceptors (Lipinski definition) is 3. The first-order valence-electron chi connectivity index (χ1n) is 11.7. The molecule has 0 atom stereocenters. The minimum absolute atomic E-state index is 0.140. The molecule has 170 valence electrons. The van der Waals surface area contributed by atoms with E-state index in [9.17, 15) is 9.59 Å². The largest absolute Gasteiger partial charge is 0.493 e. The molecule has 5 heteroatoms. The first kappa shape index (κ1) is 22.6. The molecule has 0 radical (unpaired) electrons. The highest BCUT2D eigenvalue weighted by Crippen LogP contribution is 2.30. The zero-order valence-corrected chi connectivity index (χ0v) is 19.0. The standard InChI is InChI=1S/C28H30N2O3/c1-2-33-26-17-16-22(23-14-8-9-15-24(23)26)20-25(28(32)30-18-10-3-4-11-19-30)29-27(31)21-12-6-5-7-13-21/h5-9,12-17,20H,2-4,10-11,18-19H2,1H3,(H,29,31)/b25-20-. The molecule has 3 aromatic carbocycles. The Labute approximate surface area is 195 Å². The van der Waals surface area contributed by atoms with E-state index >= 15 is 0 Å². The highest BCUT2D eigenvalue weighted by molar-refractivity contribution is 6.07. The Balaban J connectivity index is 1.74. The van der Waals surface area contributed by atoms with Gasteiger partial charge in [0.05, 0.1) is 6.61 Å². The Morgan fingerprint density at radius 3 is 2.24 bits per heavy atom. The maximum Gasteiger partial charge on any atom is 0.270 e. The highest BCUT2D eigenvalue weighted by atomic mass is 16.5. The van der Waals surface area contributed by atoms with Crippen molar-refractivity contribution in [3.8, 4) is 5.75 Å². The van der Waals surface area contributed by atoms with E-state index in [4.69, 9.17) is 4.74 Å². The molecule has 0 spiro atoms. The molecule has 33 heavy (non-hydrogen) atoms. The summed E-state index contributed by atoms with van der Waals surface area (Å²) in [6, 6.07) is 20.8. The van der Waals surface area contributed by atoms with E-state index in [1.165, 1.54) is 0 Å². The number of nitrogens with zero attached hydrogens (tertiary/aromatic N) is 1. The molecule has 1 heterocycles. The van der Waals surface area contributed by atoms with Crippen molar-refractivity contribution in [2.75, 3.05) is 19.7 Å². The lowest BCUT2D eigenvalue weighted by Gasteiger charge is -2.22. The molecule has 5 nitrogen and oxygen atoms in total. The van der Waals surface area contributed by atoms with Gasteiger partial charge in [0, 0.05) is 24.0 Å². The Hall–Kier alpha value is -3.60. The number of likely N-dealkylation sites (tertiary alicyclic amines) is 1. The fourth-order valence-corrected chi connectivity index (χ4v) is 4.24. The Kier molecular flexibility index (Phi) is 7.40. The van der Waals surface area contributed by atoms with E-state index < -0.39 is 0 Å². The van der Waals surface area contributed by atoms with Crippen molar-refractivity contribution >= 4 is 28.7 Å². The average molecular weight is 443 g/mol. The summed E-state index contributed by atoms with van der Waals surface area (Å²) < 4.78 is 5.79. The van der Waals surface area contributed by atoms with Crippen LogP contribution in [0.2, 0.25) is 0 Å². The Morgan fingerprint density at radius 1 is 0.879 bits per heavy atom. The highest BCUT2D eigenvalue weighted by Gasteiger charge is 2.22. The maximum absolute atomic E-state index is 13.5. The van der Waals surface area contributed by atoms with Crippen molar-refractivity contribution in [2.45, 2.75) is 32.6 Å². The second-order valence-electron chi connectivity index (χ2n) is 8.22. The van der Waals surface area contributed by atoms with Gasteiger partial charge in [0.25, 0.3) is 11.8 Å². The van der Waals surface area contributed by atoms with Crippen molar-refractivity contribution in [1.82, 2.24) is 10.2 Å². The molecule has 0 aliphatic carbocycles. The molecular weight excluding hydrogens is 412 g/mol. The van der Waals surface area contributed by atoms with E-state index in [-0.39, 0.29) is 11.8 Å². The van der Waals surface area contributed by atoms with Gasteiger partial charge >= 0.3 is 0 Å². The summed E-state index contributed by atoms with van der Waals surface area (Å²) in [7, 11) is 0. The first-order chi connectivity index (χ1) is 16.2.